The highest BCUT2D eigenvalue weighted by molar-refractivity contribution is 7.89. The van der Waals surface area contributed by atoms with Crippen LogP contribution in [0.2, 0.25) is 0 Å². The van der Waals surface area contributed by atoms with Crippen molar-refractivity contribution in [3.8, 4) is 0 Å². The molecule has 0 N–H and O–H groups in total. The molecule has 9 heteroatoms. The number of anilines is 1. The Morgan fingerprint density at radius 2 is 1.55 bits per heavy atom. The van der Waals surface area contributed by atoms with Gasteiger partial charge >= 0.3 is 0 Å². The van der Waals surface area contributed by atoms with Gasteiger partial charge in [0.1, 0.15) is 5.82 Å². The van der Waals surface area contributed by atoms with Crippen molar-refractivity contribution in [2.24, 2.45) is 0 Å². The summed E-state index contributed by atoms with van der Waals surface area (Å²) in [5, 5.41) is 12.7. The van der Waals surface area contributed by atoms with E-state index in [1.165, 1.54) is 0 Å². The van der Waals surface area contributed by atoms with Crippen LogP contribution in [0.15, 0.2) is 41.3 Å². The zero-order valence-electron chi connectivity index (χ0n) is 17.2. The Hall–Kier alpha value is -2.52. The van der Waals surface area contributed by atoms with E-state index in [0.717, 1.165) is 17.2 Å². The molecule has 8 nitrogen and oxygen atoms in total. The molecule has 0 unspecified atom stereocenters. The molecule has 154 valence electrons. The van der Waals surface area contributed by atoms with Crippen LogP contribution in [0.3, 0.4) is 0 Å². The molecule has 3 aromatic rings. The van der Waals surface area contributed by atoms with Crippen LogP contribution < -0.4 is 4.90 Å². The number of rotatable bonds is 3. The Bertz CT molecular complexity index is 1120. The van der Waals surface area contributed by atoms with E-state index in [0.29, 0.717) is 36.7 Å². The molecule has 3 heterocycles. The third kappa shape index (κ3) is 3.72. The first-order valence-corrected chi connectivity index (χ1v) is 11.1. The summed E-state index contributed by atoms with van der Waals surface area (Å²) in [6.45, 7) is 10.2. The summed E-state index contributed by atoms with van der Waals surface area (Å²) in [4.78, 5) is 2.44. The molecule has 2 aromatic heterocycles. The summed E-state index contributed by atoms with van der Waals surface area (Å²) in [6, 6.07) is 11.0. The van der Waals surface area contributed by atoms with Crippen molar-refractivity contribution in [2.75, 3.05) is 31.1 Å². The monoisotopic (exact) mass is 414 g/mol. The van der Waals surface area contributed by atoms with Crippen molar-refractivity contribution in [3.63, 3.8) is 0 Å². The van der Waals surface area contributed by atoms with Gasteiger partial charge in [-0.2, -0.15) is 8.82 Å². The standard InChI is InChI=1S/C20H26N6O2S/c1-15-21-22-18-9-10-19(23-26(15)18)24-11-13-25(14-12-24)29(27,28)17-7-5-16(6-8-17)20(2,3)4/h5-10H,11-14H2,1-4H3. The van der Waals surface area contributed by atoms with Gasteiger partial charge in [-0.15, -0.1) is 15.3 Å². The van der Waals surface area contributed by atoms with Gasteiger partial charge in [0.2, 0.25) is 10.0 Å². The summed E-state index contributed by atoms with van der Waals surface area (Å²) in [6.07, 6.45) is 0. The molecule has 0 atom stereocenters. The maximum Gasteiger partial charge on any atom is 0.243 e. The van der Waals surface area contributed by atoms with Gasteiger partial charge in [0, 0.05) is 26.2 Å². The molecule has 0 amide bonds. The Kier molecular flexibility index (Phi) is 4.82. The molecule has 1 aromatic carbocycles. The van der Waals surface area contributed by atoms with Gasteiger partial charge in [0.05, 0.1) is 4.90 Å². The quantitative estimate of drug-likeness (QED) is 0.654. The minimum Gasteiger partial charge on any atom is -0.353 e. The number of hydrogen-bond acceptors (Lipinski definition) is 6. The minimum absolute atomic E-state index is 0.00880. The van der Waals surface area contributed by atoms with Crippen molar-refractivity contribution in [3.05, 3.63) is 47.8 Å². The number of aryl methyl sites for hydroxylation is 1. The summed E-state index contributed by atoms with van der Waals surface area (Å²) in [5.74, 6) is 1.52. The van der Waals surface area contributed by atoms with Crippen LogP contribution in [-0.4, -0.2) is 58.7 Å². The van der Waals surface area contributed by atoms with Crippen molar-refractivity contribution in [1.29, 1.82) is 0 Å². The number of hydrogen-bond donors (Lipinski definition) is 0. The van der Waals surface area contributed by atoms with Gasteiger partial charge in [-0.3, -0.25) is 0 Å². The number of aromatic nitrogens is 4. The van der Waals surface area contributed by atoms with Gasteiger partial charge in [-0.1, -0.05) is 32.9 Å². The molecule has 0 bridgehead atoms. The average molecular weight is 415 g/mol. The highest BCUT2D eigenvalue weighted by Gasteiger charge is 2.29. The topological polar surface area (TPSA) is 83.7 Å². The molecule has 1 fully saturated rings. The fourth-order valence-electron chi connectivity index (χ4n) is 3.49. The van der Waals surface area contributed by atoms with Crippen LogP contribution in [0.4, 0.5) is 5.82 Å². The lowest BCUT2D eigenvalue weighted by Crippen LogP contribution is -2.49. The summed E-state index contributed by atoms with van der Waals surface area (Å²) in [7, 11) is -3.50. The zero-order valence-corrected chi connectivity index (χ0v) is 18.0. The molecule has 29 heavy (non-hydrogen) atoms. The largest absolute Gasteiger partial charge is 0.353 e. The number of benzene rings is 1. The Morgan fingerprint density at radius 3 is 2.17 bits per heavy atom. The second-order valence-corrected chi connectivity index (χ2v) is 10.3. The Balaban J connectivity index is 1.48. The SMILES string of the molecule is Cc1nnc2ccc(N3CCN(S(=O)(=O)c4ccc(C(C)(C)C)cc4)CC3)nn12. The van der Waals surface area contributed by atoms with Crippen LogP contribution in [-0.2, 0) is 15.4 Å². The fraction of sp³-hybridized carbons (Fsp3) is 0.450. The highest BCUT2D eigenvalue weighted by atomic mass is 32.2. The molecule has 1 aliphatic rings. The Morgan fingerprint density at radius 1 is 0.897 bits per heavy atom. The van der Waals surface area contributed by atoms with Crippen molar-refractivity contribution < 1.29 is 8.42 Å². The lowest BCUT2D eigenvalue weighted by molar-refractivity contribution is 0.383. The third-order valence-electron chi connectivity index (χ3n) is 5.33. The molecule has 0 saturated carbocycles. The number of fused-ring (bicyclic) bond motifs is 1. The molecule has 1 saturated heterocycles. The smallest absolute Gasteiger partial charge is 0.243 e. The van der Waals surface area contributed by atoms with Crippen LogP contribution >= 0.6 is 0 Å². The van der Waals surface area contributed by atoms with E-state index >= 15 is 0 Å². The molecular formula is C20H26N6O2S. The minimum atomic E-state index is -3.50. The van der Waals surface area contributed by atoms with E-state index in [9.17, 15) is 8.42 Å². The maximum atomic E-state index is 13.0. The molecule has 0 radical (unpaired) electrons. The van der Waals surface area contributed by atoms with Crippen LogP contribution in [0.1, 0.15) is 32.2 Å². The lowest BCUT2D eigenvalue weighted by atomic mass is 9.87. The van der Waals surface area contributed by atoms with Crippen molar-refractivity contribution in [1.82, 2.24) is 24.1 Å². The van der Waals surface area contributed by atoms with E-state index in [-0.39, 0.29) is 5.41 Å². The lowest BCUT2D eigenvalue weighted by Gasteiger charge is -2.34. The number of nitrogens with zero attached hydrogens (tertiary/aromatic N) is 6. The van der Waals surface area contributed by atoms with Crippen molar-refractivity contribution in [2.45, 2.75) is 38.0 Å². The normalized spacial score (nSPS) is 16.5. The second-order valence-electron chi connectivity index (χ2n) is 8.37. The van der Waals surface area contributed by atoms with Crippen LogP contribution in [0.25, 0.3) is 5.65 Å². The van der Waals surface area contributed by atoms with Gasteiger partial charge in [0.25, 0.3) is 0 Å². The van der Waals surface area contributed by atoms with E-state index in [2.05, 4.69) is 41.0 Å². The second kappa shape index (κ2) is 7.07. The van der Waals surface area contributed by atoms with Crippen LogP contribution in [0.5, 0.6) is 0 Å². The van der Waals surface area contributed by atoms with Gasteiger partial charge in [-0.05, 0) is 42.2 Å². The predicted molar refractivity (Wildman–Crippen MR) is 112 cm³/mol. The average Bonchev–Trinajstić information content (AvgIpc) is 3.08. The van der Waals surface area contributed by atoms with E-state index < -0.39 is 10.0 Å². The Labute approximate surface area is 171 Å². The molecule has 0 spiro atoms. The van der Waals surface area contributed by atoms with E-state index in [1.54, 1.807) is 21.0 Å². The summed E-state index contributed by atoms with van der Waals surface area (Å²) in [5.41, 5.74) is 1.81. The molecule has 4 rings (SSSR count). The van der Waals surface area contributed by atoms with Gasteiger partial charge in [-0.25, -0.2) is 8.42 Å². The van der Waals surface area contributed by atoms with Crippen LogP contribution in [0, 0.1) is 6.92 Å². The van der Waals surface area contributed by atoms with Gasteiger partial charge < -0.3 is 4.90 Å². The first-order valence-electron chi connectivity index (χ1n) is 9.71. The fourth-order valence-corrected chi connectivity index (χ4v) is 4.91. The van der Waals surface area contributed by atoms with E-state index in [4.69, 9.17) is 0 Å². The summed E-state index contributed by atoms with van der Waals surface area (Å²) < 4.78 is 29.4. The third-order valence-corrected chi connectivity index (χ3v) is 7.24. The number of sulfonamides is 1. The van der Waals surface area contributed by atoms with E-state index in [1.807, 2.05) is 31.2 Å². The first-order chi connectivity index (χ1) is 13.7. The predicted octanol–water partition coefficient (Wildman–Crippen LogP) is 2.24. The summed E-state index contributed by atoms with van der Waals surface area (Å²) >= 11 is 0. The zero-order chi connectivity index (χ0) is 20.8. The molecule has 0 aliphatic carbocycles. The molecular weight excluding hydrogens is 388 g/mol. The maximum absolute atomic E-state index is 13.0. The highest BCUT2D eigenvalue weighted by Crippen LogP contribution is 2.25. The number of piperazine rings is 1. The molecule has 1 aliphatic heterocycles. The van der Waals surface area contributed by atoms with Gasteiger partial charge in [0.15, 0.2) is 11.5 Å². The van der Waals surface area contributed by atoms with Crippen molar-refractivity contribution >= 4 is 21.5 Å². The first kappa shape index (κ1) is 19.8.